The fourth-order valence-corrected chi connectivity index (χ4v) is 4.31. The number of thiocarbonyl (C=S) groups is 1. The Balaban J connectivity index is 1.78. The van der Waals surface area contributed by atoms with Crippen LogP contribution in [0, 0.1) is 6.92 Å². The number of carbonyl (C=O) groups excluding carboxylic acids is 1. The number of rotatable bonds is 6. The van der Waals surface area contributed by atoms with Gasteiger partial charge in [0.15, 0.2) is 0 Å². The van der Waals surface area contributed by atoms with Crippen LogP contribution in [-0.4, -0.2) is 31.1 Å². The molecule has 0 unspecified atom stereocenters. The van der Waals surface area contributed by atoms with Crippen molar-refractivity contribution in [2.45, 2.75) is 13.5 Å². The zero-order valence-electron chi connectivity index (χ0n) is 16.1. The van der Waals surface area contributed by atoms with Crippen molar-refractivity contribution in [2.75, 3.05) is 11.9 Å². The summed E-state index contributed by atoms with van der Waals surface area (Å²) in [7, 11) is 0. The van der Waals surface area contributed by atoms with Crippen LogP contribution in [-0.2, 0) is 11.3 Å². The van der Waals surface area contributed by atoms with E-state index in [9.17, 15) is 9.59 Å². The van der Waals surface area contributed by atoms with Gasteiger partial charge < -0.3 is 9.73 Å². The van der Waals surface area contributed by atoms with Gasteiger partial charge in [-0.3, -0.25) is 18.9 Å². The predicted molar refractivity (Wildman–Crippen MR) is 122 cm³/mol. The molecule has 1 aliphatic rings. The average molecular weight is 439 g/mol. The van der Waals surface area contributed by atoms with Gasteiger partial charge in [-0.1, -0.05) is 36.1 Å². The van der Waals surface area contributed by atoms with Crippen molar-refractivity contribution in [1.82, 2.24) is 14.3 Å². The second kappa shape index (κ2) is 8.29. The van der Waals surface area contributed by atoms with Crippen molar-refractivity contribution < 1.29 is 9.21 Å². The molecule has 1 amide bonds. The van der Waals surface area contributed by atoms with Crippen molar-refractivity contribution in [1.29, 1.82) is 0 Å². The molecule has 9 heteroatoms. The lowest BCUT2D eigenvalue weighted by molar-refractivity contribution is -0.122. The molecule has 0 aromatic carbocycles. The molecule has 30 heavy (non-hydrogen) atoms. The maximum absolute atomic E-state index is 13.2. The van der Waals surface area contributed by atoms with Gasteiger partial charge in [0.05, 0.1) is 23.3 Å². The lowest BCUT2D eigenvalue weighted by Crippen LogP contribution is -2.27. The summed E-state index contributed by atoms with van der Waals surface area (Å²) in [4.78, 5) is 32.6. The molecule has 1 N–H and O–H groups in total. The zero-order chi connectivity index (χ0) is 21.3. The van der Waals surface area contributed by atoms with Gasteiger partial charge in [-0.05, 0) is 36.8 Å². The minimum absolute atomic E-state index is 0.241. The zero-order valence-corrected chi connectivity index (χ0v) is 17.8. The van der Waals surface area contributed by atoms with Crippen molar-refractivity contribution in [3.63, 3.8) is 0 Å². The van der Waals surface area contributed by atoms with Gasteiger partial charge in [0, 0.05) is 12.7 Å². The van der Waals surface area contributed by atoms with Crippen molar-refractivity contribution in [3.8, 4) is 0 Å². The average Bonchev–Trinajstić information content (AvgIpc) is 3.33. The highest BCUT2D eigenvalue weighted by atomic mass is 32.2. The number of aromatic nitrogens is 2. The van der Waals surface area contributed by atoms with Gasteiger partial charge in [0.25, 0.3) is 11.5 Å². The molecule has 1 saturated heterocycles. The monoisotopic (exact) mass is 438 g/mol. The van der Waals surface area contributed by atoms with Gasteiger partial charge in [0.1, 0.15) is 21.5 Å². The van der Waals surface area contributed by atoms with Crippen LogP contribution in [0.4, 0.5) is 5.82 Å². The first-order valence-corrected chi connectivity index (χ1v) is 10.4. The highest BCUT2D eigenvalue weighted by molar-refractivity contribution is 8.26. The van der Waals surface area contributed by atoms with Gasteiger partial charge in [-0.2, -0.15) is 0 Å². The Morgan fingerprint density at radius 1 is 1.33 bits per heavy atom. The Hall–Kier alpha value is -3.17. The number of furan rings is 1. The lowest BCUT2D eigenvalue weighted by atomic mass is 10.2. The topological polar surface area (TPSA) is 79.9 Å². The second-order valence-corrected chi connectivity index (χ2v) is 8.26. The molecule has 0 atom stereocenters. The molecule has 3 aromatic heterocycles. The van der Waals surface area contributed by atoms with Gasteiger partial charge >= 0.3 is 0 Å². The summed E-state index contributed by atoms with van der Waals surface area (Å²) < 4.78 is 7.21. The van der Waals surface area contributed by atoms with Crippen LogP contribution in [0.25, 0.3) is 11.7 Å². The molecule has 152 valence electrons. The molecule has 0 spiro atoms. The summed E-state index contributed by atoms with van der Waals surface area (Å²) in [5, 5.41) is 3.10. The number of nitrogens with zero attached hydrogens (tertiary/aromatic N) is 3. The van der Waals surface area contributed by atoms with E-state index in [4.69, 9.17) is 16.6 Å². The van der Waals surface area contributed by atoms with Crippen LogP contribution in [0.3, 0.4) is 0 Å². The van der Waals surface area contributed by atoms with E-state index in [-0.39, 0.29) is 18.0 Å². The van der Waals surface area contributed by atoms with Crippen molar-refractivity contribution >= 4 is 51.7 Å². The third-order valence-corrected chi connectivity index (χ3v) is 5.92. The van der Waals surface area contributed by atoms with E-state index in [2.05, 4.69) is 16.9 Å². The summed E-state index contributed by atoms with van der Waals surface area (Å²) in [6.07, 6.45) is 6.43. The van der Waals surface area contributed by atoms with Crippen molar-refractivity contribution in [3.05, 3.63) is 81.5 Å². The molecular weight excluding hydrogens is 420 g/mol. The van der Waals surface area contributed by atoms with E-state index in [1.54, 1.807) is 42.8 Å². The van der Waals surface area contributed by atoms with E-state index >= 15 is 0 Å². The van der Waals surface area contributed by atoms with E-state index in [0.717, 1.165) is 17.3 Å². The smallest absolute Gasteiger partial charge is 0.267 e. The standard InChI is InChI=1S/C21H18N4O3S2/c1-3-8-22-17-15(19(26)24-9-4-6-13(2)18(24)23-17)11-16-20(27)25(21(29)30-16)12-14-7-5-10-28-14/h3-7,9-11,22H,1,8,12H2,2H3. The molecule has 4 rings (SSSR count). The number of hydrogen-bond acceptors (Lipinski definition) is 7. The summed E-state index contributed by atoms with van der Waals surface area (Å²) in [6, 6.07) is 7.21. The Labute approximate surface area is 182 Å². The second-order valence-electron chi connectivity index (χ2n) is 6.58. The number of anilines is 1. The quantitative estimate of drug-likeness (QED) is 0.358. The van der Waals surface area contributed by atoms with Gasteiger partial charge in [-0.25, -0.2) is 4.98 Å². The van der Waals surface area contributed by atoms with Crippen LogP contribution in [0.15, 0.2) is 63.5 Å². The number of thioether (sulfide) groups is 1. The Bertz CT molecular complexity index is 1250. The number of carbonyl (C=O) groups is 1. The predicted octanol–water partition coefficient (Wildman–Crippen LogP) is 3.60. The van der Waals surface area contributed by atoms with E-state index < -0.39 is 0 Å². The number of pyridine rings is 1. The SMILES string of the molecule is C=CCNc1nc2c(C)cccn2c(=O)c1C=C1SC(=S)N(Cc2ccco2)C1=O. The molecule has 3 aromatic rings. The number of nitrogens with one attached hydrogen (secondary N) is 1. The van der Waals surface area contributed by atoms with Gasteiger partial charge in [-0.15, -0.1) is 6.58 Å². The third-order valence-electron chi connectivity index (χ3n) is 4.54. The van der Waals surface area contributed by atoms with Crippen LogP contribution in [0.1, 0.15) is 16.9 Å². The van der Waals surface area contributed by atoms with Crippen molar-refractivity contribution in [2.24, 2.45) is 0 Å². The number of fused-ring (bicyclic) bond motifs is 1. The molecule has 0 aliphatic carbocycles. The molecule has 0 bridgehead atoms. The first-order valence-electron chi connectivity index (χ1n) is 9.14. The number of hydrogen-bond donors (Lipinski definition) is 1. The third kappa shape index (κ3) is 3.69. The van der Waals surface area contributed by atoms with Gasteiger partial charge in [0.2, 0.25) is 0 Å². The molecule has 0 saturated carbocycles. The van der Waals surface area contributed by atoms with Crippen LogP contribution < -0.4 is 10.9 Å². The summed E-state index contributed by atoms with van der Waals surface area (Å²) >= 11 is 6.52. The minimum atomic E-state index is -0.273. The van der Waals surface area contributed by atoms with Crippen LogP contribution >= 0.6 is 24.0 Å². The normalized spacial score (nSPS) is 15.4. The Morgan fingerprint density at radius 3 is 2.90 bits per heavy atom. The maximum Gasteiger partial charge on any atom is 0.267 e. The first-order chi connectivity index (χ1) is 14.5. The molecule has 0 radical (unpaired) electrons. The fraction of sp³-hybridized carbons (Fsp3) is 0.143. The Morgan fingerprint density at radius 2 is 2.17 bits per heavy atom. The first kappa shape index (κ1) is 20.1. The van der Waals surface area contributed by atoms with Crippen LogP contribution in [0.5, 0.6) is 0 Å². The molecule has 1 aliphatic heterocycles. The molecule has 7 nitrogen and oxygen atoms in total. The molecular formula is C21H18N4O3S2. The summed E-state index contributed by atoms with van der Waals surface area (Å²) in [6.45, 7) is 6.25. The summed E-state index contributed by atoms with van der Waals surface area (Å²) in [5.74, 6) is 0.749. The molecule has 4 heterocycles. The maximum atomic E-state index is 13.2. The number of aryl methyl sites for hydroxylation is 1. The Kier molecular flexibility index (Phi) is 5.56. The highest BCUT2D eigenvalue weighted by Gasteiger charge is 2.33. The van der Waals surface area contributed by atoms with Crippen LogP contribution in [0.2, 0.25) is 0 Å². The lowest BCUT2D eigenvalue weighted by Gasteiger charge is -2.12. The molecule has 1 fully saturated rings. The fourth-order valence-electron chi connectivity index (χ4n) is 3.07. The minimum Gasteiger partial charge on any atom is -0.467 e. The largest absolute Gasteiger partial charge is 0.467 e. The summed E-state index contributed by atoms with van der Waals surface area (Å²) in [5.41, 5.74) is 1.44. The number of amides is 1. The highest BCUT2D eigenvalue weighted by Crippen LogP contribution is 2.34. The van der Waals surface area contributed by atoms with E-state index in [1.165, 1.54) is 9.30 Å². The van der Waals surface area contributed by atoms with E-state index in [0.29, 0.717) is 38.6 Å². The van der Waals surface area contributed by atoms with E-state index in [1.807, 2.05) is 13.0 Å².